The summed E-state index contributed by atoms with van der Waals surface area (Å²) in [5.41, 5.74) is 0. The van der Waals surface area contributed by atoms with Crippen molar-refractivity contribution < 1.29 is 9.53 Å². The molecule has 2 aliphatic rings. The molecule has 92 valence electrons. The van der Waals surface area contributed by atoms with Crippen LogP contribution in [0.1, 0.15) is 32.6 Å². The average molecular weight is 226 g/mol. The summed E-state index contributed by atoms with van der Waals surface area (Å²) in [6.07, 6.45) is 4.45. The molecule has 4 heteroatoms. The van der Waals surface area contributed by atoms with Crippen molar-refractivity contribution in [2.75, 3.05) is 20.2 Å². The van der Waals surface area contributed by atoms with Crippen LogP contribution in [0.25, 0.3) is 0 Å². The molecule has 1 saturated heterocycles. The molecule has 2 atom stereocenters. The van der Waals surface area contributed by atoms with Crippen molar-refractivity contribution in [1.82, 2.24) is 10.2 Å². The van der Waals surface area contributed by atoms with Crippen LogP contribution in [0.4, 0.5) is 0 Å². The fourth-order valence-corrected chi connectivity index (χ4v) is 2.29. The molecule has 16 heavy (non-hydrogen) atoms. The van der Waals surface area contributed by atoms with Gasteiger partial charge in [0.2, 0.25) is 0 Å². The van der Waals surface area contributed by atoms with Gasteiger partial charge in [0, 0.05) is 25.7 Å². The van der Waals surface area contributed by atoms with Gasteiger partial charge in [-0.3, -0.25) is 4.79 Å². The van der Waals surface area contributed by atoms with E-state index in [-0.39, 0.29) is 12.0 Å². The van der Waals surface area contributed by atoms with Crippen molar-refractivity contribution in [2.24, 2.45) is 0 Å². The Morgan fingerprint density at radius 2 is 2.25 bits per heavy atom. The van der Waals surface area contributed by atoms with Gasteiger partial charge in [0.15, 0.2) is 0 Å². The molecule has 2 unspecified atom stereocenters. The predicted octanol–water partition coefficient (Wildman–Crippen LogP) is 0.764. The highest BCUT2D eigenvalue weighted by Crippen LogP contribution is 2.28. The van der Waals surface area contributed by atoms with Crippen LogP contribution >= 0.6 is 0 Å². The number of ether oxygens (including phenoxy) is 1. The highest BCUT2D eigenvalue weighted by molar-refractivity contribution is 5.81. The molecule has 4 nitrogen and oxygen atoms in total. The minimum absolute atomic E-state index is 0.152. The van der Waals surface area contributed by atoms with Gasteiger partial charge in [0.1, 0.15) is 6.10 Å². The average Bonchev–Trinajstić information content (AvgIpc) is 3.01. The SMILES string of the molecule is COC(C)C(=O)N(CC1CCCN1)C1CC1. The van der Waals surface area contributed by atoms with E-state index in [1.54, 1.807) is 7.11 Å². The first-order valence-corrected chi connectivity index (χ1v) is 6.29. The van der Waals surface area contributed by atoms with Gasteiger partial charge >= 0.3 is 0 Å². The maximum Gasteiger partial charge on any atom is 0.251 e. The molecule has 0 radical (unpaired) electrons. The second-order valence-corrected chi connectivity index (χ2v) is 4.89. The molecule has 0 aromatic rings. The molecule has 1 saturated carbocycles. The minimum Gasteiger partial charge on any atom is -0.372 e. The number of rotatable bonds is 5. The van der Waals surface area contributed by atoms with Crippen LogP contribution in [0.15, 0.2) is 0 Å². The topological polar surface area (TPSA) is 41.6 Å². The standard InChI is InChI=1S/C12H22N2O2/c1-9(16-2)12(15)14(11-5-6-11)8-10-4-3-7-13-10/h9-11,13H,3-8H2,1-2H3. The largest absolute Gasteiger partial charge is 0.372 e. The van der Waals surface area contributed by atoms with Crippen molar-refractivity contribution in [3.63, 3.8) is 0 Å². The summed E-state index contributed by atoms with van der Waals surface area (Å²) in [7, 11) is 1.60. The summed E-state index contributed by atoms with van der Waals surface area (Å²) < 4.78 is 5.12. The van der Waals surface area contributed by atoms with Crippen LogP contribution in [0, 0.1) is 0 Å². The van der Waals surface area contributed by atoms with Crippen LogP contribution in [0.5, 0.6) is 0 Å². The monoisotopic (exact) mass is 226 g/mol. The van der Waals surface area contributed by atoms with E-state index in [0.717, 1.165) is 25.9 Å². The third-order valence-electron chi connectivity index (χ3n) is 3.55. The third kappa shape index (κ3) is 2.74. The van der Waals surface area contributed by atoms with Crippen LogP contribution in [0.3, 0.4) is 0 Å². The molecule has 1 heterocycles. The molecule has 0 aromatic carbocycles. The van der Waals surface area contributed by atoms with E-state index in [0.29, 0.717) is 12.1 Å². The van der Waals surface area contributed by atoms with Gasteiger partial charge in [-0.1, -0.05) is 0 Å². The van der Waals surface area contributed by atoms with Crippen molar-refractivity contribution in [3.8, 4) is 0 Å². The van der Waals surface area contributed by atoms with E-state index in [2.05, 4.69) is 5.32 Å². The zero-order valence-corrected chi connectivity index (χ0v) is 10.2. The number of nitrogens with zero attached hydrogens (tertiary/aromatic N) is 1. The molecular formula is C12H22N2O2. The van der Waals surface area contributed by atoms with E-state index >= 15 is 0 Å². The van der Waals surface area contributed by atoms with Gasteiger partial charge < -0.3 is 15.0 Å². The number of carbonyl (C=O) groups excluding carboxylic acids is 1. The van der Waals surface area contributed by atoms with Gasteiger partial charge in [-0.25, -0.2) is 0 Å². The Morgan fingerprint density at radius 3 is 2.75 bits per heavy atom. The van der Waals surface area contributed by atoms with E-state index in [1.165, 1.54) is 12.8 Å². The zero-order chi connectivity index (χ0) is 11.5. The molecule has 0 bridgehead atoms. The zero-order valence-electron chi connectivity index (χ0n) is 10.2. The first kappa shape index (κ1) is 11.9. The molecule has 1 aliphatic heterocycles. The number of hydrogen-bond donors (Lipinski definition) is 1. The summed E-state index contributed by atoms with van der Waals surface area (Å²) in [6.45, 7) is 3.79. The summed E-state index contributed by atoms with van der Waals surface area (Å²) in [5, 5.41) is 3.45. The quantitative estimate of drug-likeness (QED) is 0.752. The first-order valence-electron chi connectivity index (χ1n) is 6.29. The fraction of sp³-hybridized carbons (Fsp3) is 0.917. The van der Waals surface area contributed by atoms with Gasteiger partial charge in [0.05, 0.1) is 0 Å². The summed E-state index contributed by atoms with van der Waals surface area (Å²) in [5.74, 6) is 0.152. The van der Waals surface area contributed by atoms with Gasteiger partial charge in [-0.15, -0.1) is 0 Å². The molecule has 1 aliphatic carbocycles. The number of carbonyl (C=O) groups is 1. The maximum atomic E-state index is 12.1. The van der Waals surface area contributed by atoms with Crippen LogP contribution in [0.2, 0.25) is 0 Å². The second-order valence-electron chi connectivity index (χ2n) is 4.89. The minimum atomic E-state index is -0.304. The lowest BCUT2D eigenvalue weighted by atomic mass is 10.2. The lowest BCUT2D eigenvalue weighted by Gasteiger charge is -2.28. The van der Waals surface area contributed by atoms with E-state index in [1.807, 2.05) is 11.8 Å². The van der Waals surface area contributed by atoms with Gasteiger partial charge in [-0.05, 0) is 39.2 Å². The Labute approximate surface area is 97.3 Å². The van der Waals surface area contributed by atoms with Crippen LogP contribution in [-0.4, -0.2) is 49.2 Å². The number of amides is 1. The highest BCUT2D eigenvalue weighted by Gasteiger charge is 2.36. The third-order valence-corrected chi connectivity index (χ3v) is 3.55. The smallest absolute Gasteiger partial charge is 0.251 e. The second kappa shape index (κ2) is 5.15. The van der Waals surface area contributed by atoms with E-state index < -0.39 is 0 Å². The summed E-state index contributed by atoms with van der Waals surface area (Å²) in [6, 6.07) is 0.973. The molecule has 0 aromatic heterocycles. The molecule has 2 rings (SSSR count). The summed E-state index contributed by atoms with van der Waals surface area (Å²) >= 11 is 0. The number of nitrogens with one attached hydrogen (secondary N) is 1. The number of methoxy groups -OCH3 is 1. The summed E-state index contributed by atoms with van der Waals surface area (Å²) in [4.78, 5) is 14.1. The molecule has 1 amide bonds. The van der Waals surface area contributed by atoms with Gasteiger partial charge in [0.25, 0.3) is 5.91 Å². The number of hydrogen-bond acceptors (Lipinski definition) is 3. The van der Waals surface area contributed by atoms with E-state index in [4.69, 9.17) is 4.74 Å². The van der Waals surface area contributed by atoms with Crippen molar-refractivity contribution in [3.05, 3.63) is 0 Å². The molecule has 1 N–H and O–H groups in total. The Kier molecular flexibility index (Phi) is 3.82. The van der Waals surface area contributed by atoms with Crippen molar-refractivity contribution in [1.29, 1.82) is 0 Å². The van der Waals surface area contributed by atoms with Gasteiger partial charge in [-0.2, -0.15) is 0 Å². The molecular weight excluding hydrogens is 204 g/mol. The highest BCUT2D eigenvalue weighted by atomic mass is 16.5. The lowest BCUT2D eigenvalue weighted by molar-refractivity contribution is -0.141. The maximum absolute atomic E-state index is 12.1. The fourth-order valence-electron chi connectivity index (χ4n) is 2.29. The Bertz CT molecular complexity index is 247. The van der Waals surface area contributed by atoms with Crippen LogP contribution in [-0.2, 0) is 9.53 Å². The molecule has 0 spiro atoms. The van der Waals surface area contributed by atoms with Crippen molar-refractivity contribution in [2.45, 2.75) is 50.8 Å². The van der Waals surface area contributed by atoms with E-state index in [9.17, 15) is 4.79 Å². The molecule has 2 fully saturated rings. The van der Waals surface area contributed by atoms with Crippen LogP contribution < -0.4 is 5.32 Å². The predicted molar refractivity (Wildman–Crippen MR) is 62.2 cm³/mol. The normalized spacial score (nSPS) is 26.8. The first-order chi connectivity index (χ1) is 7.72. The Morgan fingerprint density at radius 1 is 1.50 bits per heavy atom. The lowest BCUT2D eigenvalue weighted by Crippen LogP contribution is -2.46. The Hall–Kier alpha value is -0.610. The Balaban J connectivity index is 1.91. The van der Waals surface area contributed by atoms with Crippen molar-refractivity contribution >= 4 is 5.91 Å².